The van der Waals surface area contributed by atoms with Crippen molar-refractivity contribution >= 4 is 16.7 Å². The van der Waals surface area contributed by atoms with Crippen LogP contribution in [0.2, 0.25) is 0 Å². The van der Waals surface area contributed by atoms with E-state index in [0.29, 0.717) is 6.04 Å². The van der Waals surface area contributed by atoms with E-state index in [2.05, 4.69) is 47.5 Å². The monoisotopic (exact) mass is 228 g/mol. The Hall–Kier alpha value is -0.680. The zero-order chi connectivity index (χ0) is 11.3. The van der Waals surface area contributed by atoms with Crippen LogP contribution in [0.5, 0.6) is 0 Å². The van der Waals surface area contributed by atoms with Gasteiger partial charge in [-0.05, 0) is 34.0 Å². The maximum atomic E-state index is 4.38. The van der Waals surface area contributed by atoms with Gasteiger partial charge in [0.2, 0.25) is 5.13 Å². The van der Waals surface area contributed by atoms with Gasteiger partial charge in [0.1, 0.15) is 5.82 Å². The van der Waals surface area contributed by atoms with Crippen LogP contribution in [0.4, 0.5) is 5.13 Å². The molecule has 1 N–H and O–H groups in total. The standard InChI is InChI=1S/C10H20N4S/c1-5-9-12-10(15-13-9)11-8(2)6-7-14(3)4/h8H,5-7H2,1-4H3,(H,11,12,13). The maximum absolute atomic E-state index is 4.38. The molecule has 0 spiro atoms. The molecule has 86 valence electrons. The summed E-state index contributed by atoms with van der Waals surface area (Å²) in [5.74, 6) is 0.933. The number of hydrogen-bond acceptors (Lipinski definition) is 5. The molecule has 0 aliphatic rings. The first kappa shape index (κ1) is 12.4. The van der Waals surface area contributed by atoms with Crippen molar-refractivity contribution in [3.63, 3.8) is 0 Å². The first-order valence-electron chi connectivity index (χ1n) is 5.35. The minimum absolute atomic E-state index is 0.449. The van der Waals surface area contributed by atoms with Crippen molar-refractivity contribution < 1.29 is 0 Å². The zero-order valence-corrected chi connectivity index (χ0v) is 10.8. The summed E-state index contributed by atoms with van der Waals surface area (Å²) in [5, 5.41) is 4.31. The van der Waals surface area contributed by atoms with Gasteiger partial charge in [-0.15, -0.1) is 0 Å². The Kier molecular flexibility index (Phi) is 4.98. The van der Waals surface area contributed by atoms with E-state index in [-0.39, 0.29) is 0 Å². The molecule has 0 bridgehead atoms. The van der Waals surface area contributed by atoms with E-state index in [1.807, 2.05) is 0 Å². The molecular weight excluding hydrogens is 208 g/mol. The minimum Gasteiger partial charge on any atom is -0.358 e. The highest BCUT2D eigenvalue weighted by Crippen LogP contribution is 2.13. The number of nitrogens with zero attached hydrogens (tertiary/aromatic N) is 3. The van der Waals surface area contributed by atoms with Gasteiger partial charge >= 0.3 is 0 Å². The van der Waals surface area contributed by atoms with Crippen LogP contribution in [0, 0.1) is 0 Å². The third-order valence-electron chi connectivity index (χ3n) is 2.16. The van der Waals surface area contributed by atoms with Crippen LogP contribution in [0.3, 0.4) is 0 Å². The fourth-order valence-electron chi connectivity index (χ4n) is 1.19. The highest BCUT2D eigenvalue weighted by Gasteiger charge is 2.06. The quantitative estimate of drug-likeness (QED) is 0.807. The van der Waals surface area contributed by atoms with Crippen molar-refractivity contribution in [2.24, 2.45) is 0 Å². The summed E-state index contributed by atoms with van der Waals surface area (Å²) in [6.45, 7) is 5.34. The lowest BCUT2D eigenvalue weighted by molar-refractivity contribution is 0.390. The zero-order valence-electron chi connectivity index (χ0n) is 9.95. The number of hydrogen-bond donors (Lipinski definition) is 1. The van der Waals surface area contributed by atoms with Crippen molar-refractivity contribution in [3.8, 4) is 0 Å². The van der Waals surface area contributed by atoms with Crippen molar-refractivity contribution in [1.29, 1.82) is 0 Å². The van der Waals surface area contributed by atoms with Crippen LogP contribution in [-0.2, 0) is 6.42 Å². The molecule has 1 unspecified atom stereocenters. The van der Waals surface area contributed by atoms with Gasteiger partial charge in [-0.2, -0.15) is 4.37 Å². The molecule has 0 aliphatic heterocycles. The van der Waals surface area contributed by atoms with E-state index in [0.717, 1.165) is 30.3 Å². The summed E-state index contributed by atoms with van der Waals surface area (Å²) in [7, 11) is 4.18. The molecule has 0 radical (unpaired) electrons. The molecule has 0 saturated carbocycles. The molecule has 1 aromatic rings. The largest absolute Gasteiger partial charge is 0.358 e. The molecule has 0 saturated heterocycles. The van der Waals surface area contributed by atoms with Crippen molar-refractivity contribution in [1.82, 2.24) is 14.3 Å². The molecule has 1 aromatic heterocycles. The van der Waals surface area contributed by atoms with Gasteiger partial charge in [0, 0.05) is 24.0 Å². The fourth-order valence-corrected chi connectivity index (χ4v) is 1.95. The summed E-state index contributed by atoms with van der Waals surface area (Å²) >= 11 is 1.45. The number of rotatable bonds is 6. The van der Waals surface area contributed by atoms with E-state index in [4.69, 9.17) is 0 Å². The average molecular weight is 228 g/mol. The summed E-state index contributed by atoms with van der Waals surface area (Å²) < 4.78 is 4.24. The second kappa shape index (κ2) is 6.02. The van der Waals surface area contributed by atoms with Gasteiger partial charge < -0.3 is 10.2 Å². The van der Waals surface area contributed by atoms with Crippen LogP contribution in [0.15, 0.2) is 0 Å². The Morgan fingerprint density at radius 1 is 1.47 bits per heavy atom. The topological polar surface area (TPSA) is 41.1 Å². The van der Waals surface area contributed by atoms with Crippen LogP contribution in [0.25, 0.3) is 0 Å². The second-order valence-electron chi connectivity index (χ2n) is 4.01. The van der Waals surface area contributed by atoms with Gasteiger partial charge in [-0.1, -0.05) is 6.92 Å². The Bertz CT molecular complexity index is 285. The average Bonchev–Trinajstić information content (AvgIpc) is 2.62. The van der Waals surface area contributed by atoms with Gasteiger partial charge in [0.15, 0.2) is 0 Å². The molecular formula is C10H20N4S. The summed E-state index contributed by atoms with van der Waals surface area (Å²) in [4.78, 5) is 6.57. The van der Waals surface area contributed by atoms with E-state index >= 15 is 0 Å². The van der Waals surface area contributed by atoms with Crippen LogP contribution < -0.4 is 5.32 Å². The molecule has 15 heavy (non-hydrogen) atoms. The van der Waals surface area contributed by atoms with Gasteiger partial charge in [0.05, 0.1) is 0 Å². The normalized spacial score (nSPS) is 13.1. The van der Waals surface area contributed by atoms with E-state index in [1.54, 1.807) is 0 Å². The molecule has 1 atom stereocenters. The Labute approximate surface area is 95.9 Å². The molecule has 0 aromatic carbocycles. The SMILES string of the molecule is CCc1nsc(NC(C)CCN(C)C)n1. The highest BCUT2D eigenvalue weighted by atomic mass is 32.1. The third-order valence-corrected chi connectivity index (χ3v) is 2.85. The molecule has 0 amide bonds. The number of aromatic nitrogens is 2. The van der Waals surface area contributed by atoms with Crippen LogP contribution in [0.1, 0.15) is 26.1 Å². The minimum atomic E-state index is 0.449. The first-order chi connectivity index (χ1) is 7.11. The molecule has 0 aliphatic carbocycles. The van der Waals surface area contributed by atoms with E-state index in [9.17, 15) is 0 Å². The lowest BCUT2D eigenvalue weighted by Crippen LogP contribution is -2.22. The van der Waals surface area contributed by atoms with Gasteiger partial charge in [-0.3, -0.25) is 0 Å². The van der Waals surface area contributed by atoms with Gasteiger partial charge in [0.25, 0.3) is 0 Å². The lowest BCUT2D eigenvalue weighted by Gasteiger charge is -2.15. The summed E-state index contributed by atoms with van der Waals surface area (Å²) in [6, 6.07) is 0.449. The Morgan fingerprint density at radius 3 is 2.73 bits per heavy atom. The van der Waals surface area contributed by atoms with Gasteiger partial charge in [-0.25, -0.2) is 4.98 Å². The fraction of sp³-hybridized carbons (Fsp3) is 0.800. The highest BCUT2D eigenvalue weighted by molar-refractivity contribution is 7.09. The van der Waals surface area contributed by atoms with Crippen molar-refractivity contribution in [3.05, 3.63) is 5.82 Å². The van der Waals surface area contributed by atoms with Crippen molar-refractivity contribution in [2.45, 2.75) is 32.7 Å². The first-order valence-corrected chi connectivity index (χ1v) is 6.13. The van der Waals surface area contributed by atoms with Crippen molar-refractivity contribution in [2.75, 3.05) is 26.0 Å². The molecule has 4 nitrogen and oxygen atoms in total. The molecule has 1 heterocycles. The van der Waals surface area contributed by atoms with Crippen LogP contribution >= 0.6 is 11.5 Å². The van der Waals surface area contributed by atoms with E-state index < -0.39 is 0 Å². The second-order valence-corrected chi connectivity index (χ2v) is 4.76. The molecule has 1 rings (SSSR count). The number of nitrogens with one attached hydrogen (secondary N) is 1. The lowest BCUT2D eigenvalue weighted by atomic mass is 10.2. The maximum Gasteiger partial charge on any atom is 0.202 e. The number of anilines is 1. The summed E-state index contributed by atoms with van der Waals surface area (Å²) in [5.41, 5.74) is 0. The molecule has 0 fully saturated rings. The number of aryl methyl sites for hydroxylation is 1. The van der Waals surface area contributed by atoms with E-state index in [1.165, 1.54) is 11.5 Å². The summed E-state index contributed by atoms with van der Waals surface area (Å²) in [6.07, 6.45) is 2.03. The third kappa shape index (κ3) is 4.57. The van der Waals surface area contributed by atoms with Crippen LogP contribution in [-0.4, -0.2) is 40.9 Å². The Morgan fingerprint density at radius 2 is 2.20 bits per heavy atom. The smallest absolute Gasteiger partial charge is 0.202 e. The predicted molar refractivity (Wildman–Crippen MR) is 65.5 cm³/mol. The molecule has 5 heteroatoms. The Balaban J connectivity index is 2.33. The predicted octanol–water partition coefficient (Wildman–Crippen LogP) is 1.85.